The van der Waals surface area contributed by atoms with Crippen molar-refractivity contribution >= 4 is 17.6 Å². The molecule has 0 atom stereocenters. The molecule has 2 aromatic carbocycles. The molecule has 0 aliphatic heterocycles. The molecule has 0 bridgehead atoms. The second kappa shape index (κ2) is 6.49. The lowest BCUT2D eigenvalue weighted by atomic mass is 10.1. The third kappa shape index (κ3) is 3.24. The van der Waals surface area contributed by atoms with E-state index in [1.807, 2.05) is 0 Å². The molecule has 4 nitrogen and oxygen atoms in total. The van der Waals surface area contributed by atoms with Crippen molar-refractivity contribution in [2.75, 3.05) is 0 Å². The lowest BCUT2D eigenvalue weighted by Crippen LogP contribution is -2.12. The summed E-state index contributed by atoms with van der Waals surface area (Å²) >= 11 is 0. The average Bonchev–Trinajstić information content (AvgIpc) is 3.08. The Kier molecular flexibility index (Phi) is 4.24. The Morgan fingerprint density at radius 2 is 1.71 bits per heavy atom. The number of allylic oxidation sites excluding steroid dienone is 1. The predicted molar refractivity (Wildman–Crippen MR) is 81.3 cm³/mol. The highest BCUT2D eigenvalue weighted by Gasteiger charge is 2.19. The van der Waals surface area contributed by atoms with Gasteiger partial charge in [-0.05, 0) is 35.9 Å². The number of benzene rings is 2. The summed E-state index contributed by atoms with van der Waals surface area (Å²) < 4.78 is 41.1. The van der Waals surface area contributed by atoms with Gasteiger partial charge < -0.3 is 0 Å². The maximum Gasteiger partial charge on any atom is 0.214 e. The third-order valence-electron chi connectivity index (χ3n) is 3.25. The number of carbonyl (C=O) groups is 1. The Labute approximate surface area is 134 Å². The van der Waals surface area contributed by atoms with Gasteiger partial charge in [0.2, 0.25) is 5.78 Å². The summed E-state index contributed by atoms with van der Waals surface area (Å²) in [6.07, 6.45) is 3.90. The quantitative estimate of drug-likeness (QED) is 0.543. The van der Waals surface area contributed by atoms with Crippen LogP contribution in [0, 0.1) is 17.5 Å². The Morgan fingerprint density at radius 1 is 1.00 bits per heavy atom. The number of hydrogen-bond acceptors (Lipinski definition) is 3. The first-order valence-electron chi connectivity index (χ1n) is 6.86. The molecule has 0 saturated heterocycles. The van der Waals surface area contributed by atoms with E-state index >= 15 is 0 Å². The van der Waals surface area contributed by atoms with Gasteiger partial charge in [0.25, 0.3) is 0 Å². The van der Waals surface area contributed by atoms with Crippen LogP contribution in [0.5, 0.6) is 0 Å². The summed E-state index contributed by atoms with van der Waals surface area (Å²) in [4.78, 5) is 16.4. The molecule has 1 heterocycles. The zero-order chi connectivity index (χ0) is 17.1. The van der Waals surface area contributed by atoms with Crippen LogP contribution in [0.15, 0.2) is 55.1 Å². The van der Waals surface area contributed by atoms with E-state index in [0.29, 0.717) is 11.6 Å². The van der Waals surface area contributed by atoms with E-state index in [4.69, 9.17) is 0 Å². The molecule has 0 N–H and O–H groups in total. The van der Waals surface area contributed by atoms with Crippen LogP contribution in [0.25, 0.3) is 11.8 Å². The average molecular weight is 329 g/mol. The van der Waals surface area contributed by atoms with Gasteiger partial charge >= 0.3 is 0 Å². The predicted octanol–water partition coefficient (Wildman–Crippen LogP) is 3.58. The first-order valence-corrected chi connectivity index (χ1v) is 6.86. The van der Waals surface area contributed by atoms with Crippen LogP contribution in [0.2, 0.25) is 0 Å². The largest absolute Gasteiger partial charge is 0.287 e. The number of hydrogen-bond donors (Lipinski definition) is 0. The number of ketones is 1. The highest BCUT2D eigenvalue weighted by molar-refractivity contribution is 6.27. The van der Waals surface area contributed by atoms with Crippen LogP contribution < -0.4 is 0 Å². The number of rotatable bonds is 4. The summed E-state index contributed by atoms with van der Waals surface area (Å²) in [5.74, 6) is -2.90. The van der Waals surface area contributed by atoms with Crippen molar-refractivity contribution in [3.8, 4) is 0 Å². The molecule has 120 valence electrons. The van der Waals surface area contributed by atoms with Crippen LogP contribution in [0.3, 0.4) is 0 Å². The van der Waals surface area contributed by atoms with Crippen molar-refractivity contribution < 1.29 is 18.0 Å². The molecule has 3 rings (SSSR count). The molecule has 0 amide bonds. The van der Waals surface area contributed by atoms with Gasteiger partial charge in [-0.2, -0.15) is 5.10 Å². The molecular weight excluding hydrogens is 319 g/mol. The van der Waals surface area contributed by atoms with Crippen molar-refractivity contribution in [1.29, 1.82) is 0 Å². The highest BCUT2D eigenvalue weighted by Crippen LogP contribution is 2.19. The molecule has 0 unspecified atom stereocenters. The fraction of sp³-hybridized carbons (Fsp3) is 0. The van der Waals surface area contributed by atoms with Crippen molar-refractivity contribution in [2.24, 2.45) is 0 Å². The van der Waals surface area contributed by atoms with Gasteiger partial charge in [-0.15, -0.1) is 0 Å². The standard InChI is InChI=1S/C17H10F3N3O/c18-12-3-1-11(2-4-12)7-16(23-10-21-9-22-23)17(24)14-6-5-13(19)8-15(14)20/h1-10H/b16-7-. The maximum absolute atomic E-state index is 13.9. The van der Waals surface area contributed by atoms with Crippen molar-refractivity contribution in [3.63, 3.8) is 0 Å². The normalized spacial score (nSPS) is 11.5. The summed E-state index contributed by atoms with van der Waals surface area (Å²) in [7, 11) is 0. The lowest BCUT2D eigenvalue weighted by Gasteiger charge is -2.08. The van der Waals surface area contributed by atoms with Crippen molar-refractivity contribution in [3.05, 3.63) is 83.7 Å². The molecule has 0 saturated carbocycles. The smallest absolute Gasteiger partial charge is 0.214 e. The summed E-state index contributed by atoms with van der Waals surface area (Å²) in [5.41, 5.74) is 0.197. The van der Waals surface area contributed by atoms with Gasteiger partial charge in [-0.3, -0.25) is 4.79 Å². The zero-order valence-corrected chi connectivity index (χ0v) is 12.2. The summed E-state index contributed by atoms with van der Waals surface area (Å²) in [6.45, 7) is 0. The van der Waals surface area contributed by atoms with Crippen molar-refractivity contribution in [1.82, 2.24) is 14.8 Å². The highest BCUT2D eigenvalue weighted by atomic mass is 19.1. The molecule has 7 heteroatoms. The van der Waals surface area contributed by atoms with Gasteiger partial charge in [-0.25, -0.2) is 22.8 Å². The van der Waals surface area contributed by atoms with E-state index in [9.17, 15) is 18.0 Å². The number of halogens is 3. The monoisotopic (exact) mass is 329 g/mol. The number of carbonyl (C=O) groups excluding carboxylic acids is 1. The van der Waals surface area contributed by atoms with E-state index in [2.05, 4.69) is 10.1 Å². The Morgan fingerprint density at radius 3 is 2.33 bits per heavy atom. The van der Waals surface area contributed by atoms with Gasteiger partial charge in [0.1, 0.15) is 35.8 Å². The molecule has 0 radical (unpaired) electrons. The van der Waals surface area contributed by atoms with Gasteiger partial charge in [-0.1, -0.05) is 12.1 Å². The molecule has 1 aromatic heterocycles. The third-order valence-corrected chi connectivity index (χ3v) is 3.25. The zero-order valence-electron chi connectivity index (χ0n) is 12.2. The first kappa shape index (κ1) is 15.7. The number of aromatic nitrogens is 3. The Balaban J connectivity index is 2.08. The van der Waals surface area contributed by atoms with E-state index in [1.54, 1.807) is 0 Å². The molecule has 0 aliphatic carbocycles. The van der Waals surface area contributed by atoms with Gasteiger partial charge in [0.15, 0.2) is 0 Å². The number of Topliss-reactive ketones (excluding diaryl/α,β-unsaturated/α-hetero) is 1. The molecule has 0 fully saturated rings. The van der Waals surface area contributed by atoms with Crippen LogP contribution in [0.4, 0.5) is 13.2 Å². The minimum absolute atomic E-state index is 0.00961. The van der Waals surface area contributed by atoms with E-state index in [1.165, 1.54) is 43.0 Å². The lowest BCUT2D eigenvalue weighted by molar-refractivity contribution is 0.104. The van der Waals surface area contributed by atoms with Gasteiger partial charge in [0, 0.05) is 6.07 Å². The SMILES string of the molecule is O=C(/C(=C/c1ccc(F)cc1)n1cncn1)c1ccc(F)cc1F. The topological polar surface area (TPSA) is 47.8 Å². The van der Waals surface area contributed by atoms with E-state index < -0.39 is 23.2 Å². The van der Waals surface area contributed by atoms with Crippen LogP contribution in [0.1, 0.15) is 15.9 Å². The molecule has 24 heavy (non-hydrogen) atoms. The fourth-order valence-corrected chi connectivity index (χ4v) is 2.10. The van der Waals surface area contributed by atoms with Crippen molar-refractivity contribution in [2.45, 2.75) is 0 Å². The maximum atomic E-state index is 13.9. The second-order valence-corrected chi connectivity index (χ2v) is 4.87. The summed E-state index contributed by atoms with van der Waals surface area (Å²) in [5, 5.41) is 3.87. The summed E-state index contributed by atoms with van der Waals surface area (Å²) in [6, 6.07) is 8.06. The van der Waals surface area contributed by atoms with Crippen LogP contribution in [-0.4, -0.2) is 20.5 Å². The minimum atomic E-state index is -0.981. The van der Waals surface area contributed by atoms with E-state index in [0.717, 1.165) is 16.8 Å². The molecule has 0 spiro atoms. The molecule has 3 aromatic rings. The second-order valence-electron chi connectivity index (χ2n) is 4.87. The van der Waals surface area contributed by atoms with Crippen LogP contribution >= 0.6 is 0 Å². The molecule has 0 aliphatic rings. The number of nitrogens with zero attached hydrogens (tertiary/aromatic N) is 3. The molecular formula is C17H10F3N3O. The first-order chi connectivity index (χ1) is 11.5. The Hall–Kier alpha value is -3.22. The fourth-order valence-electron chi connectivity index (χ4n) is 2.10. The van der Waals surface area contributed by atoms with Gasteiger partial charge in [0.05, 0.1) is 5.56 Å². The Bertz CT molecular complexity index is 903. The van der Waals surface area contributed by atoms with E-state index in [-0.39, 0.29) is 11.3 Å². The van der Waals surface area contributed by atoms with Crippen LogP contribution in [-0.2, 0) is 0 Å². The minimum Gasteiger partial charge on any atom is -0.287 e.